The Bertz CT molecular complexity index is 592. The van der Waals surface area contributed by atoms with Crippen LogP contribution in [0.15, 0.2) is 24.3 Å². The van der Waals surface area contributed by atoms with E-state index in [1.54, 1.807) is 0 Å². The van der Waals surface area contributed by atoms with E-state index in [1.807, 2.05) is 52.0 Å². The number of rotatable bonds is 3. The summed E-state index contributed by atoms with van der Waals surface area (Å²) in [4.78, 5) is 12.4. The average Bonchev–Trinajstić information content (AvgIpc) is 2.76. The van der Waals surface area contributed by atoms with Crippen LogP contribution >= 0.6 is 0 Å². The van der Waals surface area contributed by atoms with Crippen molar-refractivity contribution in [2.45, 2.75) is 71.0 Å². The Morgan fingerprint density at radius 1 is 1.08 bits per heavy atom. The van der Waals surface area contributed by atoms with Crippen LogP contribution in [0.2, 0.25) is 0 Å². The minimum Gasteiger partial charge on any atom is -0.399 e. The van der Waals surface area contributed by atoms with Crippen LogP contribution in [0.4, 0.5) is 5.69 Å². The summed E-state index contributed by atoms with van der Waals surface area (Å²) >= 11 is 0. The summed E-state index contributed by atoms with van der Waals surface area (Å²) in [6, 6.07) is 7.81. The third-order valence-corrected chi connectivity index (χ3v) is 5.66. The summed E-state index contributed by atoms with van der Waals surface area (Å²) < 4.78 is 12.2. The lowest BCUT2D eigenvalue weighted by molar-refractivity contribution is -0.120. The molecule has 1 aliphatic carbocycles. The maximum absolute atomic E-state index is 12.4. The van der Waals surface area contributed by atoms with Crippen LogP contribution in [0.5, 0.6) is 0 Å². The van der Waals surface area contributed by atoms with E-state index in [4.69, 9.17) is 9.31 Å². The molecule has 1 aromatic carbocycles. The quantitative estimate of drug-likeness (QED) is 0.864. The third-order valence-electron chi connectivity index (χ3n) is 5.66. The van der Waals surface area contributed by atoms with Gasteiger partial charge in [0.15, 0.2) is 0 Å². The van der Waals surface area contributed by atoms with E-state index in [1.165, 1.54) is 6.42 Å². The Labute approximate surface area is 145 Å². The van der Waals surface area contributed by atoms with Crippen molar-refractivity contribution in [3.63, 3.8) is 0 Å². The third kappa shape index (κ3) is 3.52. The SMILES string of the molecule is CC1(C)OB(c2cccc(NC(=O)C3CCCCC3)c2)OC1(C)C. The molecule has 1 amide bonds. The minimum absolute atomic E-state index is 0.140. The zero-order valence-corrected chi connectivity index (χ0v) is 15.2. The Hall–Kier alpha value is -1.33. The van der Waals surface area contributed by atoms with Crippen molar-refractivity contribution < 1.29 is 14.1 Å². The summed E-state index contributed by atoms with van der Waals surface area (Å²) in [7, 11) is -0.401. The molecule has 0 aromatic heterocycles. The second kappa shape index (κ2) is 6.53. The van der Waals surface area contributed by atoms with Gasteiger partial charge in [0.1, 0.15) is 0 Å². The van der Waals surface area contributed by atoms with Gasteiger partial charge in [0, 0.05) is 11.6 Å². The molecule has 1 aliphatic heterocycles. The van der Waals surface area contributed by atoms with E-state index in [0.717, 1.165) is 36.8 Å². The Kier molecular flexibility index (Phi) is 4.76. The first kappa shape index (κ1) is 17.5. The monoisotopic (exact) mass is 329 g/mol. The second-order valence-corrected chi connectivity index (χ2v) is 8.04. The maximum atomic E-state index is 12.4. The van der Waals surface area contributed by atoms with Gasteiger partial charge in [-0.2, -0.15) is 0 Å². The molecule has 24 heavy (non-hydrogen) atoms. The number of anilines is 1. The van der Waals surface area contributed by atoms with Gasteiger partial charge in [0.2, 0.25) is 5.91 Å². The lowest BCUT2D eigenvalue weighted by Gasteiger charge is -2.32. The largest absolute Gasteiger partial charge is 0.494 e. The normalized spacial score (nSPS) is 23.2. The van der Waals surface area contributed by atoms with Gasteiger partial charge in [0.25, 0.3) is 0 Å². The van der Waals surface area contributed by atoms with E-state index in [-0.39, 0.29) is 23.0 Å². The van der Waals surface area contributed by atoms with E-state index < -0.39 is 7.12 Å². The number of hydrogen-bond acceptors (Lipinski definition) is 3. The maximum Gasteiger partial charge on any atom is 0.494 e. The topological polar surface area (TPSA) is 47.6 Å². The van der Waals surface area contributed by atoms with Crippen molar-refractivity contribution in [2.75, 3.05) is 5.32 Å². The Morgan fingerprint density at radius 2 is 1.71 bits per heavy atom. The first-order chi connectivity index (χ1) is 11.3. The van der Waals surface area contributed by atoms with Crippen molar-refractivity contribution in [3.05, 3.63) is 24.3 Å². The standard InChI is InChI=1S/C19H28BNO3/c1-18(2)19(3,4)24-20(23-18)15-11-8-12-16(13-15)21-17(22)14-9-6-5-7-10-14/h8,11-14H,5-7,9-10H2,1-4H3,(H,21,22). The molecule has 2 aliphatic rings. The number of benzene rings is 1. The molecule has 0 radical (unpaired) electrons. The molecule has 1 aromatic rings. The molecule has 5 heteroatoms. The first-order valence-corrected chi connectivity index (χ1v) is 9.05. The molecule has 0 atom stereocenters. The number of amides is 1. The lowest BCUT2D eigenvalue weighted by Crippen LogP contribution is -2.41. The van der Waals surface area contributed by atoms with Crippen molar-refractivity contribution in [2.24, 2.45) is 5.92 Å². The van der Waals surface area contributed by atoms with Gasteiger partial charge in [-0.05, 0) is 58.1 Å². The van der Waals surface area contributed by atoms with Crippen molar-refractivity contribution >= 4 is 24.2 Å². The zero-order chi connectivity index (χ0) is 17.4. The highest BCUT2D eigenvalue weighted by atomic mass is 16.7. The summed E-state index contributed by atoms with van der Waals surface area (Å²) in [6.07, 6.45) is 5.57. The molecular weight excluding hydrogens is 301 g/mol. The van der Waals surface area contributed by atoms with Gasteiger partial charge in [-0.15, -0.1) is 0 Å². The molecule has 0 unspecified atom stereocenters. The highest BCUT2D eigenvalue weighted by Gasteiger charge is 2.51. The summed E-state index contributed by atoms with van der Waals surface area (Å²) in [5.74, 6) is 0.292. The molecule has 4 nitrogen and oxygen atoms in total. The van der Waals surface area contributed by atoms with Crippen LogP contribution in [0.3, 0.4) is 0 Å². The molecule has 1 heterocycles. The van der Waals surface area contributed by atoms with Crippen LogP contribution in [0.1, 0.15) is 59.8 Å². The predicted octanol–water partition coefficient (Wildman–Crippen LogP) is 3.50. The number of carbonyl (C=O) groups is 1. The highest BCUT2D eigenvalue weighted by Crippen LogP contribution is 2.36. The molecule has 2 fully saturated rings. The van der Waals surface area contributed by atoms with Crippen LogP contribution in [-0.4, -0.2) is 24.2 Å². The van der Waals surface area contributed by atoms with Crippen LogP contribution in [-0.2, 0) is 14.1 Å². The molecule has 1 N–H and O–H groups in total. The van der Waals surface area contributed by atoms with Crippen molar-refractivity contribution in [1.82, 2.24) is 0 Å². The van der Waals surface area contributed by atoms with E-state index in [2.05, 4.69) is 5.32 Å². The molecular formula is C19H28BNO3. The van der Waals surface area contributed by atoms with Gasteiger partial charge in [-0.3, -0.25) is 4.79 Å². The predicted molar refractivity (Wildman–Crippen MR) is 97.4 cm³/mol. The molecule has 3 rings (SSSR count). The molecule has 0 spiro atoms. The molecule has 0 bridgehead atoms. The van der Waals surface area contributed by atoms with Crippen molar-refractivity contribution in [3.8, 4) is 0 Å². The second-order valence-electron chi connectivity index (χ2n) is 8.04. The Balaban J connectivity index is 1.70. The van der Waals surface area contributed by atoms with Crippen LogP contribution in [0, 0.1) is 5.92 Å². The summed E-state index contributed by atoms with van der Waals surface area (Å²) in [5.41, 5.74) is 1.03. The molecule has 130 valence electrons. The molecule has 1 saturated carbocycles. The van der Waals surface area contributed by atoms with Crippen molar-refractivity contribution in [1.29, 1.82) is 0 Å². The fourth-order valence-electron chi connectivity index (χ4n) is 3.35. The first-order valence-electron chi connectivity index (χ1n) is 9.05. The van der Waals surface area contributed by atoms with Gasteiger partial charge in [-0.25, -0.2) is 0 Å². The average molecular weight is 329 g/mol. The Morgan fingerprint density at radius 3 is 2.33 bits per heavy atom. The van der Waals surface area contributed by atoms with Crippen LogP contribution < -0.4 is 10.8 Å². The van der Waals surface area contributed by atoms with Gasteiger partial charge >= 0.3 is 7.12 Å². The number of hydrogen-bond donors (Lipinski definition) is 1. The summed E-state index contributed by atoms with van der Waals surface area (Å²) in [6.45, 7) is 8.17. The fraction of sp³-hybridized carbons (Fsp3) is 0.632. The lowest BCUT2D eigenvalue weighted by atomic mass is 9.79. The van der Waals surface area contributed by atoms with Gasteiger partial charge in [0.05, 0.1) is 11.2 Å². The highest BCUT2D eigenvalue weighted by molar-refractivity contribution is 6.62. The van der Waals surface area contributed by atoms with Gasteiger partial charge < -0.3 is 14.6 Å². The smallest absolute Gasteiger partial charge is 0.399 e. The molecule has 1 saturated heterocycles. The zero-order valence-electron chi connectivity index (χ0n) is 15.2. The fourth-order valence-corrected chi connectivity index (χ4v) is 3.35. The summed E-state index contributed by atoms with van der Waals surface area (Å²) in [5, 5.41) is 3.07. The minimum atomic E-state index is -0.401. The van der Waals surface area contributed by atoms with Crippen LogP contribution in [0.25, 0.3) is 0 Å². The number of nitrogens with one attached hydrogen (secondary N) is 1. The number of carbonyl (C=O) groups excluding carboxylic acids is 1. The van der Waals surface area contributed by atoms with E-state index in [0.29, 0.717) is 0 Å². The van der Waals surface area contributed by atoms with E-state index >= 15 is 0 Å². The van der Waals surface area contributed by atoms with Gasteiger partial charge in [-0.1, -0.05) is 31.4 Å². The van der Waals surface area contributed by atoms with E-state index in [9.17, 15) is 4.79 Å².